The average Bonchev–Trinajstić information content (AvgIpc) is 3.31. The van der Waals surface area contributed by atoms with E-state index in [1.165, 1.54) is 16.9 Å². The average molecular weight is 349 g/mol. The maximum absolute atomic E-state index is 12.0. The van der Waals surface area contributed by atoms with Gasteiger partial charge in [0.05, 0.1) is 18.2 Å². The molecule has 3 atom stereocenters. The molecule has 4 heterocycles. The van der Waals surface area contributed by atoms with Gasteiger partial charge >= 0.3 is 0 Å². The molecule has 2 aliphatic heterocycles. The minimum atomic E-state index is -0.0807. The molecule has 7 heteroatoms. The van der Waals surface area contributed by atoms with Gasteiger partial charge in [-0.3, -0.25) is 9.69 Å². The molecule has 5 nitrogen and oxygen atoms in total. The summed E-state index contributed by atoms with van der Waals surface area (Å²) in [6.45, 7) is 4.47. The summed E-state index contributed by atoms with van der Waals surface area (Å²) in [7, 11) is 0. The predicted octanol–water partition coefficient (Wildman–Crippen LogP) is 2.08. The minimum absolute atomic E-state index is 0.0807. The molecule has 0 spiro atoms. The van der Waals surface area contributed by atoms with Crippen molar-refractivity contribution < 1.29 is 9.53 Å². The normalized spacial score (nSPS) is 27.2. The lowest BCUT2D eigenvalue weighted by Gasteiger charge is -2.19. The monoisotopic (exact) mass is 349 g/mol. The number of rotatable bonds is 5. The summed E-state index contributed by atoms with van der Waals surface area (Å²) in [5, 5.41) is 9.12. The molecule has 2 aliphatic rings. The lowest BCUT2D eigenvalue weighted by Crippen LogP contribution is -2.34. The Morgan fingerprint density at radius 3 is 3.13 bits per heavy atom. The molecule has 2 fully saturated rings. The Morgan fingerprint density at radius 2 is 2.35 bits per heavy atom. The highest BCUT2D eigenvalue weighted by atomic mass is 32.1. The lowest BCUT2D eigenvalue weighted by molar-refractivity contribution is 0.0901. The van der Waals surface area contributed by atoms with Gasteiger partial charge in [-0.05, 0) is 22.4 Å². The number of aromatic nitrogens is 1. The van der Waals surface area contributed by atoms with Crippen molar-refractivity contribution in [3.63, 3.8) is 0 Å². The first-order chi connectivity index (χ1) is 11.3. The second-order valence-electron chi connectivity index (χ2n) is 6.21. The number of carbonyl (C=O) groups is 1. The summed E-state index contributed by atoms with van der Waals surface area (Å²) in [5.74, 6) is 0.835. The van der Waals surface area contributed by atoms with E-state index in [2.05, 4.69) is 32.0 Å². The van der Waals surface area contributed by atoms with Crippen molar-refractivity contribution in [1.29, 1.82) is 0 Å². The molecule has 0 radical (unpaired) electrons. The molecule has 1 amide bonds. The Labute approximate surface area is 143 Å². The summed E-state index contributed by atoms with van der Waals surface area (Å²) in [4.78, 5) is 18.5. The van der Waals surface area contributed by atoms with Crippen LogP contribution in [0.15, 0.2) is 27.7 Å². The fraction of sp³-hybridized carbons (Fsp3) is 0.500. The van der Waals surface area contributed by atoms with Gasteiger partial charge in [-0.1, -0.05) is 0 Å². The van der Waals surface area contributed by atoms with E-state index in [-0.39, 0.29) is 5.91 Å². The van der Waals surface area contributed by atoms with E-state index in [0.29, 0.717) is 30.2 Å². The Bertz CT molecular complexity index is 644. The van der Waals surface area contributed by atoms with E-state index in [0.717, 1.165) is 26.2 Å². The predicted molar refractivity (Wildman–Crippen MR) is 90.8 cm³/mol. The second kappa shape index (κ2) is 6.68. The zero-order valence-corrected chi connectivity index (χ0v) is 14.3. The number of hydrogen-bond acceptors (Lipinski definition) is 6. The van der Waals surface area contributed by atoms with Crippen LogP contribution in [0.5, 0.6) is 0 Å². The zero-order chi connectivity index (χ0) is 15.6. The number of thiazole rings is 1. The van der Waals surface area contributed by atoms with Crippen LogP contribution in [-0.2, 0) is 11.3 Å². The van der Waals surface area contributed by atoms with E-state index >= 15 is 0 Å². The lowest BCUT2D eigenvalue weighted by atomic mass is 9.93. The minimum Gasteiger partial charge on any atom is -0.376 e. The largest absolute Gasteiger partial charge is 0.376 e. The Hall–Kier alpha value is -1.28. The molecule has 2 aromatic heterocycles. The summed E-state index contributed by atoms with van der Waals surface area (Å²) < 4.78 is 5.96. The number of fused-ring (bicyclic) bond motifs is 1. The van der Waals surface area contributed by atoms with Gasteiger partial charge in [-0.15, -0.1) is 11.3 Å². The summed E-state index contributed by atoms with van der Waals surface area (Å²) >= 11 is 3.19. The molecular formula is C16H19N3O2S2. The number of ether oxygens (including phenoxy) is 1. The molecule has 0 bridgehead atoms. The van der Waals surface area contributed by atoms with Crippen LogP contribution < -0.4 is 5.32 Å². The van der Waals surface area contributed by atoms with E-state index in [1.54, 1.807) is 22.2 Å². The number of carbonyl (C=O) groups excluding carboxylic acids is 1. The first kappa shape index (κ1) is 15.3. The van der Waals surface area contributed by atoms with Crippen molar-refractivity contribution in [2.24, 2.45) is 11.8 Å². The van der Waals surface area contributed by atoms with Gasteiger partial charge in [-0.25, -0.2) is 4.98 Å². The summed E-state index contributed by atoms with van der Waals surface area (Å²) in [6.07, 6.45) is 0.315. The topological polar surface area (TPSA) is 54.5 Å². The van der Waals surface area contributed by atoms with Crippen LogP contribution in [0.3, 0.4) is 0 Å². The van der Waals surface area contributed by atoms with E-state index in [9.17, 15) is 4.79 Å². The van der Waals surface area contributed by atoms with Crippen LogP contribution >= 0.6 is 22.7 Å². The maximum atomic E-state index is 12.0. The van der Waals surface area contributed by atoms with Crippen molar-refractivity contribution in [3.8, 4) is 0 Å². The van der Waals surface area contributed by atoms with Crippen molar-refractivity contribution in [2.75, 3.05) is 26.2 Å². The number of thiophene rings is 1. The molecule has 0 unspecified atom stereocenters. The molecule has 4 rings (SSSR count). The van der Waals surface area contributed by atoms with Crippen molar-refractivity contribution in [3.05, 3.63) is 39.0 Å². The third kappa shape index (κ3) is 3.33. The Kier molecular flexibility index (Phi) is 4.43. The molecule has 1 N–H and O–H groups in total. The highest BCUT2D eigenvalue weighted by Crippen LogP contribution is 2.34. The number of likely N-dealkylation sites (tertiary alicyclic amines) is 1. The van der Waals surface area contributed by atoms with Crippen molar-refractivity contribution >= 4 is 28.6 Å². The first-order valence-corrected chi connectivity index (χ1v) is 9.69. The number of amides is 1. The molecule has 23 heavy (non-hydrogen) atoms. The third-order valence-corrected chi connectivity index (χ3v) is 6.01. The van der Waals surface area contributed by atoms with Crippen LogP contribution in [0.4, 0.5) is 0 Å². The van der Waals surface area contributed by atoms with Crippen LogP contribution in [0.1, 0.15) is 16.1 Å². The molecule has 2 aromatic rings. The summed E-state index contributed by atoms with van der Waals surface area (Å²) in [6, 6.07) is 2.19. The fourth-order valence-electron chi connectivity index (χ4n) is 3.50. The van der Waals surface area contributed by atoms with Crippen LogP contribution in [0, 0.1) is 11.8 Å². The third-order valence-electron chi connectivity index (χ3n) is 4.69. The smallest absolute Gasteiger partial charge is 0.270 e. The van der Waals surface area contributed by atoms with Crippen molar-refractivity contribution in [2.45, 2.75) is 12.6 Å². The van der Waals surface area contributed by atoms with Crippen LogP contribution in [-0.4, -0.2) is 48.1 Å². The highest BCUT2D eigenvalue weighted by Gasteiger charge is 2.43. The van der Waals surface area contributed by atoms with Crippen LogP contribution in [0.2, 0.25) is 0 Å². The van der Waals surface area contributed by atoms with Gasteiger partial charge in [0.2, 0.25) is 0 Å². The number of hydrogen-bond donors (Lipinski definition) is 1. The van der Waals surface area contributed by atoms with E-state index in [4.69, 9.17) is 4.74 Å². The molecule has 2 saturated heterocycles. The van der Waals surface area contributed by atoms with E-state index < -0.39 is 0 Å². The summed E-state index contributed by atoms with van der Waals surface area (Å²) in [5.41, 5.74) is 3.57. The number of nitrogens with one attached hydrogen (secondary N) is 1. The zero-order valence-electron chi connectivity index (χ0n) is 12.7. The molecule has 122 valence electrons. The van der Waals surface area contributed by atoms with Gasteiger partial charge in [0.1, 0.15) is 5.69 Å². The maximum Gasteiger partial charge on any atom is 0.270 e. The number of nitrogens with zero attached hydrogens (tertiary/aromatic N) is 2. The van der Waals surface area contributed by atoms with Gasteiger partial charge in [-0.2, -0.15) is 11.3 Å². The van der Waals surface area contributed by atoms with Crippen molar-refractivity contribution in [1.82, 2.24) is 15.2 Å². The quantitative estimate of drug-likeness (QED) is 0.898. The SMILES string of the molecule is O=C(NC[C@@H]1CO[C@H]2CN(Cc3ccsc3)C[C@@H]12)c1cscn1. The standard InChI is InChI=1S/C16H19N3O2S2/c20-16(14-9-23-10-18-14)17-3-12-7-21-15-6-19(5-13(12)15)4-11-1-2-22-8-11/h1-2,8-10,12-13,15H,3-7H2,(H,17,20)/t12-,13+,15+/m1/s1. The van der Waals surface area contributed by atoms with Crippen LogP contribution in [0.25, 0.3) is 0 Å². The van der Waals surface area contributed by atoms with Gasteiger partial charge in [0.25, 0.3) is 5.91 Å². The Balaban J connectivity index is 1.30. The Morgan fingerprint density at radius 1 is 1.39 bits per heavy atom. The molecule has 0 aromatic carbocycles. The fourth-order valence-corrected chi connectivity index (χ4v) is 4.69. The second-order valence-corrected chi connectivity index (χ2v) is 7.70. The van der Waals surface area contributed by atoms with Gasteiger partial charge in [0, 0.05) is 43.4 Å². The molecule has 0 saturated carbocycles. The molecule has 0 aliphatic carbocycles. The van der Waals surface area contributed by atoms with Gasteiger partial charge < -0.3 is 10.1 Å². The van der Waals surface area contributed by atoms with E-state index in [1.807, 2.05) is 0 Å². The molecular weight excluding hydrogens is 330 g/mol. The first-order valence-electron chi connectivity index (χ1n) is 7.81. The van der Waals surface area contributed by atoms with Gasteiger partial charge in [0.15, 0.2) is 0 Å². The highest BCUT2D eigenvalue weighted by molar-refractivity contribution is 7.08.